The normalized spacial score (nSPS) is 15.6. The Kier molecular flexibility index (Phi) is 5.58. The fraction of sp³-hybridized carbons (Fsp3) is 0.375. The van der Waals surface area contributed by atoms with Crippen LogP contribution in [-0.4, -0.2) is 37.6 Å². The Balaban J connectivity index is 1.53. The van der Waals surface area contributed by atoms with Crippen molar-refractivity contribution >= 4 is 16.9 Å². The molecule has 3 aromatic rings. The number of fused-ring (bicyclic) bond motifs is 1. The summed E-state index contributed by atoms with van der Waals surface area (Å²) in [5.74, 6) is 1.08. The number of hydrogen-bond donors (Lipinski definition) is 1. The van der Waals surface area contributed by atoms with Gasteiger partial charge in [-0.25, -0.2) is 0 Å². The quantitative estimate of drug-likeness (QED) is 0.665. The van der Waals surface area contributed by atoms with Crippen LogP contribution in [0.4, 0.5) is 0 Å². The van der Waals surface area contributed by atoms with Crippen LogP contribution in [0.15, 0.2) is 46.9 Å². The Bertz CT molecular complexity index is 1000. The van der Waals surface area contributed by atoms with Gasteiger partial charge in [0, 0.05) is 17.5 Å². The number of nitrogens with one attached hydrogen (secondary N) is 1. The lowest BCUT2D eigenvalue weighted by Gasteiger charge is -2.28. The number of methoxy groups -OCH3 is 1. The minimum atomic E-state index is -0.158. The monoisotopic (exact) mass is 392 g/mol. The molecule has 0 spiro atoms. The molecule has 1 saturated heterocycles. The van der Waals surface area contributed by atoms with Crippen molar-refractivity contribution in [1.82, 2.24) is 10.2 Å². The zero-order valence-electron chi connectivity index (χ0n) is 17.3. The Labute approximate surface area is 171 Å². The van der Waals surface area contributed by atoms with E-state index in [1.165, 1.54) is 18.4 Å². The van der Waals surface area contributed by atoms with Crippen molar-refractivity contribution in [2.45, 2.75) is 32.7 Å². The molecule has 0 aliphatic carbocycles. The summed E-state index contributed by atoms with van der Waals surface area (Å²) in [5, 5.41) is 4.11. The molecular formula is C24H28N2O3. The number of carbonyl (C=O) groups excluding carboxylic acids is 1. The second-order valence-corrected chi connectivity index (χ2v) is 7.80. The van der Waals surface area contributed by atoms with Gasteiger partial charge in [-0.3, -0.25) is 9.69 Å². The summed E-state index contributed by atoms with van der Waals surface area (Å²) >= 11 is 0. The lowest BCUT2D eigenvalue weighted by atomic mass is 10.0. The molecule has 1 aromatic heterocycles. The second kappa shape index (κ2) is 8.29. The number of ether oxygens (including phenoxy) is 1. The summed E-state index contributed by atoms with van der Waals surface area (Å²) in [6.07, 6.45) is 2.39. The van der Waals surface area contributed by atoms with Crippen LogP contribution in [0.5, 0.6) is 5.75 Å². The van der Waals surface area contributed by atoms with Crippen LogP contribution in [-0.2, 0) is 0 Å². The number of rotatable bonds is 6. The van der Waals surface area contributed by atoms with Crippen LogP contribution in [0.2, 0.25) is 0 Å². The summed E-state index contributed by atoms with van der Waals surface area (Å²) in [4.78, 5) is 15.4. The molecular weight excluding hydrogens is 364 g/mol. The van der Waals surface area contributed by atoms with Gasteiger partial charge in [0.05, 0.1) is 13.2 Å². The van der Waals surface area contributed by atoms with Gasteiger partial charge in [0.1, 0.15) is 11.3 Å². The van der Waals surface area contributed by atoms with E-state index < -0.39 is 0 Å². The number of furan rings is 1. The molecule has 4 rings (SSSR count). The van der Waals surface area contributed by atoms with Crippen molar-refractivity contribution in [3.8, 4) is 5.75 Å². The Hall–Kier alpha value is -2.79. The highest BCUT2D eigenvalue weighted by atomic mass is 16.5. The topological polar surface area (TPSA) is 54.7 Å². The van der Waals surface area contributed by atoms with Gasteiger partial charge in [0.25, 0.3) is 5.91 Å². The van der Waals surface area contributed by atoms with Gasteiger partial charge in [-0.2, -0.15) is 0 Å². The minimum Gasteiger partial charge on any atom is -0.497 e. The largest absolute Gasteiger partial charge is 0.497 e. The lowest BCUT2D eigenvalue weighted by Crippen LogP contribution is -2.36. The van der Waals surface area contributed by atoms with Gasteiger partial charge >= 0.3 is 0 Å². The number of likely N-dealkylation sites (tertiary alicyclic amines) is 1. The SMILES string of the molecule is COc1ccc(C(CNC(=O)c2oc3cc(C)ccc3c2C)N2CCCC2)cc1. The molecule has 1 aliphatic heterocycles. The van der Waals surface area contributed by atoms with E-state index in [9.17, 15) is 4.79 Å². The molecule has 29 heavy (non-hydrogen) atoms. The first kappa shape index (κ1) is 19.5. The van der Waals surface area contributed by atoms with Crippen LogP contribution in [0.25, 0.3) is 11.0 Å². The summed E-state index contributed by atoms with van der Waals surface area (Å²) in [6, 6.07) is 14.3. The molecule has 1 fully saturated rings. The molecule has 2 aromatic carbocycles. The first-order chi connectivity index (χ1) is 14.1. The molecule has 152 valence electrons. The van der Waals surface area contributed by atoms with E-state index in [1.54, 1.807) is 7.11 Å². The summed E-state index contributed by atoms with van der Waals surface area (Å²) in [7, 11) is 1.67. The third-order valence-corrected chi connectivity index (χ3v) is 5.84. The first-order valence-electron chi connectivity index (χ1n) is 10.2. The van der Waals surface area contributed by atoms with Crippen LogP contribution in [0.1, 0.15) is 46.1 Å². The van der Waals surface area contributed by atoms with Gasteiger partial charge in [-0.15, -0.1) is 0 Å². The molecule has 1 atom stereocenters. The average molecular weight is 392 g/mol. The number of aryl methyl sites for hydroxylation is 2. The smallest absolute Gasteiger partial charge is 0.287 e. The standard InChI is InChI=1S/C24H28N2O3/c1-16-6-11-20-17(2)23(29-22(20)14-16)24(27)25-15-21(26-12-4-5-13-26)18-7-9-19(28-3)10-8-18/h6-11,14,21H,4-5,12-13,15H2,1-3H3,(H,25,27). The van der Waals surface area contributed by atoms with E-state index in [4.69, 9.17) is 9.15 Å². The number of benzene rings is 2. The first-order valence-corrected chi connectivity index (χ1v) is 10.2. The average Bonchev–Trinajstić information content (AvgIpc) is 3.37. The van der Waals surface area contributed by atoms with Crippen LogP contribution < -0.4 is 10.1 Å². The maximum Gasteiger partial charge on any atom is 0.287 e. The molecule has 1 aliphatic rings. The van der Waals surface area contributed by atoms with E-state index in [-0.39, 0.29) is 11.9 Å². The third-order valence-electron chi connectivity index (χ3n) is 5.84. The van der Waals surface area contributed by atoms with Crippen molar-refractivity contribution in [2.75, 3.05) is 26.7 Å². The zero-order valence-corrected chi connectivity index (χ0v) is 17.3. The fourth-order valence-corrected chi connectivity index (χ4v) is 4.16. The van der Waals surface area contributed by atoms with Crippen LogP contribution in [0, 0.1) is 13.8 Å². The van der Waals surface area contributed by atoms with Crippen molar-refractivity contribution in [1.29, 1.82) is 0 Å². The van der Waals surface area contributed by atoms with Gasteiger partial charge in [-0.1, -0.05) is 24.3 Å². The van der Waals surface area contributed by atoms with Crippen molar-refractivity contribution in [3.63, 3.8) is 0 Å². The molecule has 1 amide bonds. The lowest BCUT2D eigenvalue weighted by molar-refractivity contribution is 0.0911. The second-order valence-electron chi connectivity index (χ2n) is 7.80. The minimum absolute atomic E-state index is 0.138. The molecule has 5 heteroatoms. The number of nitrogens with zero attached hydrogens (tertiary/aromatic N) is 1. The molecule has 0 radical (unpaired) electrons. The van der Waals surface area contributed by atoms with Crippen LogP contribution in [0.3, 0.4) is 0 Å². The Morgan fingerprint density at radius 3 is 2.55 bits per heavy atom. The van der Waals surface area contributed by atoms with Gasteiger partial charge in [-0.05, 0) is 69.1 Å². The van der Waals surface area contributed by atoms with E-state index in [0.717, 1.165) is 40.9 Å². The van der Waals surface area contributed by atoms with E-state index in [2.05, 4.69) is 22.3 Å². The number of hydrogen-bond acceptors (Lipinski definition) is 4. The third kappa shape index (κ3) is 4.01. The zero-order chi connectivity index (χ0) is 20.4. The molecule has 1 N–H and O–H groups in total. The summed E-state index contributed by atoms with van der Waals surface area (Å²) in [6.45, 7) is 6.61. The Morgan fingerprint density at radius 1 is 1.14 bits per heavy atom. The van der Waals surface area contributed by atoms with Crippen molar-refractivity contribution in [3.05, 3.63) is 64.9 Å². The van der Waals surface area contributed by atoms with E-state index in [0.29, 0.717) is 12.3 Å². The van der Waals surface area contributed by atoms with Gasteiger partial charge < -0.3 is 14.5 Å². The highest BCUT2D eigenvalue weighted by Crippen LogP contribution is 2.28. The van der Waals surface area contributed by atoms with E-state index in [1.807, 2.05) is 44.2 Å². The predicted octanol–water partition coefficient (Wildman–Crippen LogP) is 4.63. The van der Waals surface area contributed by atoms with Crippen LogP contribution >= 0.6 is 0 Å². The van der Waals surface area contributed by atoms with Crippen molar-refractivity contribution in [2.24, 2.45) is 0 Å². The Morgan fingerprint density at radius 2 is 1.86 bits per heavy atom. The van der Waals surface area contributed by atoms with Gasteiger partial charge in [0.2, 0.25) is 0 Å². The number of amides is 1. The molecule has 5 nitrogen and oxygen atoms in total. The summed E-state index contributed by atoms with van der Waals surface area (Å²) < 4.78 is 11.2. The maximum atomic E-state index is 12.9. The van der Waals surface area contributed by atoms with E-state index >= 15 is 0 Å². The molecule has 1 unspecified atom stereocenters. The van der Waals surface area contributed by atoms with Crippen molar-refractivity contribution < 1.29 is 13.9 Å². The predicted molar refractivity (Wildman–Crippen MR) is 115 cm³/mol. The fourth-order valence-electron chi connectivity index (χ4n) is 4.16. The summed E-state index contributed by atoms with van der Waals surface area (Å²) in [5.41, 5.74) is 3.95. The maximum absolute atomic E-state index is 12.9. The van der Waals surface area contributed by atoms with Gasteiger partial charge in [0.15, 0.2) is 5.76 Å². The highest BCUT2D eigenvalue weighted by molar-refractivity contribution is 5.99. The molecule has 0 bridgehead atoms. The molecule has 0 saturated carbocycles. The highest BCUT2D eigenvalue weighted by Gasteiger charge is 2.25. The number of carbonyl (C=O) groups is 1. The molecule has 2 heterocycles.